The van der Waals surface area contributed by atoms with Crippen LogP contribution in [0.3, 0.4) is 0 Å². The summed E-state index contributed by atoms with van der Waals surface area (Å²) >= 11 is 0. The molecule has 1 amide bonds. The molecule has 0 fully saturated rings. The fraction of sp³-hybridized carbons (Fsp3) is 0.545. The van der Waals surface area contributed by atoms with Gasteiger partial charge in [0.15, 0.2) is 0 Å². The topological polar surface area (TPSA) is 55.3 Å². The minimum atomic E-state index is -0.474. The van der Waals surface area contributed by atoms with Gasteiger partial charge in [0, 0.05) is 26.0 Å². The molecular formula is C11H19N3O2. The number of aryl methyl sites for hydroxylation is 1. The Labute approximate surface area is 95.8 Å². The Morgan fingerprint density at radius 1 is 1.50 bits per heavy atom. The van der Waals surface area contributed by atoms with Gasteiger partial charge in [-0.1, -0.05) is 0 Å². The molecule has 5 heteroatoms. The third-order valence-corrected chi connectivity index (χ3v) is 1.78. The van der Waals surface area contributed by atoms with Gasteiger partial charge in [-0.3, -0.25) is 5.43 Å². The van der Waals surface area contributed by atoms with Gasteiger partial charge in [0.1, 0.15) is 5.60 Å². The quantitative estimate of drug-likeness (QED) is 0.767. The van der Waals surface area contributed by atoms with Crippen LogP contribution in [0.5, 0.6) is 0 Å². The van der Waals surface area contributed by atoms with E-state index in [-0.39, 0.29) is 0 Å². The van der Waals surface area contributed by atoms with Crippen molar-refractivity contribution in [2.45, 2.75) is 32.9 Å². The molecule has 0 spiro atoms. The van der Waals surface area contributed by atoms with Crippen LogP contribution in [0, 0.1) is 0 Å². The van der Waals surface area contributed by atoms with Crippen LogP contribution < -0.4 is 10.9 Å². The number of rotatable bonds is 3. The molecule has 0 atom stereocenters. The molecule has 0 saturated carbocycles. The molecule has 0 unspecified atom stereocenters. The number of hydrogen-bond donors (Lipinski definition) is 2. The largest absolute Gasteiger partial charge is 0.443 e. The summed E-state index contributed by atoms with van der Waals surface area (Å²) in [5, 5.41) is 0. The minimum absolute atomic E-state index is 0.469. The van der Waals surface area contributed by atoms with Crippen molar-refractivity contribution in [3.05, 3.63) is 24.0 Å². The summed E-state index contributed by atoms with van der Waals surface area (Å²) < 4.78 is 7.01. The van der Waals surface area contributed by atoms with Crippen molar-refractivity contribution >= 4 is 6.09 Å². The Morgan fingerprint density at radius 2 is 2.19 bits per heavy atom. The summed E-state index contributed by atoms with van der Waals surface area (Å²) in [7, 11) is 1.95. The fourth-order valence-electron chi connectivity index (χ4n) is 1.19. The molecule has 0 bridgehead atoms. The lowest BCUT2D eigenvalue weighted by Gasteiger charge is -2.19. The average molecular weight is 225 g/mol. The summed E-state index contributed by atoms with van der Waals surface area (Å²) in [6.45, 7) is 6.04. The lowest BCUT2D eigenvalue weighted by molar-refractivity contribution is 0.0497. The van der Waals surface area contributed by atoms with Gasteiger partial charge in [-0.05, 0) is 32.4 Å². The summed E-state index contributed by atoms with van der Waals surface area (Å²) in [5.41, 5.74) is 5.90. The molecule has 1 rings (SSSR count). The molecule has 2 N–H and O–H groups in total. The second-order valence-corrected chi connectivity index (χ2v) is 4.67. The first-order chi connectivity index (χ1) is 7.37. The highest BCUT2D eigenvalue weighted by atomic mass is 16.6. The highest BCUT2D eigenvalue weighted by Gasteiger charge is 2.15. The lowest BCUT2D eigenvalue weighted by atomic mass is 10.2. The van der Waals surface area contributed by atoms with Crippen molar-refractivity contribution in [3.8, 4) is 0 Å². The van der Waals surface area contributed by atoms with Crippen molar-refractivity contribution in [1.29, 1.82) is 0 Å². The SMILES string of the molecule is Cn1ccc(CNNC(=O)OC(C)(C)C)c1. The van der Waals surface area contributed by atoms with Gasteiger partial charge >= 0.3 is 6.09 Å². The highest BCUT2D eigenvalue weighted by Crippen LogP contribution is 2.06. The van der Waals surface area contributed by atoms with E-state index < -0.39 is 11.7 Å². The predicted octanol–water partition coefficient (Wildman–Crippen LogP) is 1.55. The fourth-order valence-corrected chi connectivity index (χ4v) is 1.19. The molecule has 0 aromatic carbocycles. The maximum Gasteiger partial charge on any atom is 0.422 e. The number of aromatic nitrogens is 1. The van der Waals surface area contributed by atoms with Crippen LogP contribution in [0.1, 0.15) is 26.3 Å². The van der Waals surface area contributed by atoms with Crippen molar-refractivity contribution in [3.63, 3.8) is 0 Å². The standard InChI is InChI=1S/C11H19N3O2/c1-11(2,3)16-10(15)13-12-7-9-5-6-14(4)8-9/h5-6,8,12H,7H2,1-4H3,(H,13,15). The van der Waals surface area contributed by atoms with E-state index in [0.29, 0.717) is 6.54 Å². The first-order valence-electron chi connectivity index (χ1n) is 5.19. The van der Waals surface area contributed by atoms with Crippen LogP contribution in [-0.4, -0.2) is 16.3 Å². The molecule has 0 radical (unpaired) electrons. The smallest absolute Gasteiger partial charge is 0.422 e. The van der Waals surface area contributed by atoms with Crippen LogP contribution in [0.15, 0.2) is 18.5 Å². The van der Waals surface area contributed by atoms with Crippen LogP contribution in [0.25, 0.3) is 0 Å². The predicted molar refractivity (Wildman–Crippen MR) is 61.6 cm³/mol. The third kappa shape index (κ3) is 4.84. The van der Waals surface area contributed by atoms with Gasteiger partial charge in [0.05, 0.1) is 0 Å². The second kappa shape index (κ2) is 5.03. The minimum Gasteiger partial charge on any atom is -0.443 e. The van der Waals surface area contributed by atoms with Gasteiger partial charge in [-0.25, -0.2) is 10.2 Å². The maximum atomic E-state index is 11.3. The van der Waals surface area contributed by atoms with Gasteiger partial charge in [0.2, 0.25) is 0 Å². The van der Waals surface area contributed by atoms with Crippen molar-refractivity contribution in [1.82, 2.24) is 15.4 Å². The molecule has 90 valence electrons. The molecule has 0 saturated heterocycles. The Hall–Kier alpha value is -1.49. The molecular weight excluding hydrogens is 206 g/mol. The second-order valence-electron chi connectivity index (χ2n) is 4.67. The number of nitrogens with one attached hydrogen (secondary N) is 2. The Kier molecular flexibility index (Phi) is 3.95. The molecule has 16 heavy (non-hydrogen) atoms. The summed E-state index contributed by atoms with van der Waals surface area (Å²) in [4.78, 5) is 11.3. The van der Waals surface area contributed by atoms with Crippen LogP contribution in [-0.2, 0) is 18.3 Å². The Morgan fingerprint density at radius 3 is 2.69 bits per heavy atom. The lowest BCUT2D eigenvalue weighted by Crippen LogP contribution is -2.40. The summed E-state index contributed by atoms with van der Waals surface area (Å²) in [6, 6.07) is 1.98. The molecule has 1 heterocycles. The molecule has 1 aromatic heterocycles. The summed E-state index contributed by atoms with van der Waals surface area (Å²) in [6.07, 6.45) is 3.46. The molecule has 5 nitrogen and oxygen atoms in total. The molecule has 0 aliphatic heterocycles. The Bertz CT molecular complexity index is 352. The molecule has 0 aliphatic carbocycles. The maximum absolute atomic E-state index is 11.3. The number of carbonyl (C=O) groups is 1. The van der Waals surface area contributed by atoms with Gasteiger partial charge in [-0.15, -0.1) is 0 Å². The van der Waals surface area contributed by atoms with E-state index in [2.05, 4.69) is 10.9 Å². The third-order valence-electron chi connectivity index (χ3n) is 1.78. The van der Waals surface area contributed by atoms with E-state index in [9.17, 15) is 4.79 Å². The zero-order valence-corrected chi connectivity index (χ0v) is 10.2. The van der Waals surface area contributed by atoms with Crippen molar-refractivity contribution in [2.75, 3.05) is 0 Å². The van der Waals surface area contributed by atoms with Gasteiger partial charge < -0.3 is 9.30 Å². The summed E-state index contributed by atoms with van der Waals surface area (Å²) in [5.74, 6) is 0. The first-order valence-corrected chi connectivity index (χ1v) is 5.19. The normalized spacial score (nSPS) is 11.2. The Balaban J connectivity index is 2.23. The van der Waals surface area contributed by atoms with E-state index >= 15 is 0 Å². The van der Waals surface area contributed by atoms with Crippen LogP contribution >= 0.6 is 0 Å². The van der Waals surface area contributed by atoms with Gasteiger partial charge in [-0.2, -0.15) is 0 Å². The number of nitrogens with zero attached hydrogens (tertiary/aromatic N) is 1. The molecule has 1 aromatic rings. The highest BCUT2D eigenvalue weighted by molar-refractivity contribution is 5.66. The van der Waals surface area contributed by atoms with Crippen molar-refractivity contribution < 1.29 is 9.53 Å². The number of carbonyl (C=O) groups excluding carboxylic acids is 1. The van der Waals surface area contributed by atoms with E-state index in [0.717, 1.165) is 5.56 Å². The number of hydrogen-bond acceptors (Lipinski definition) is 3. The monoisotopic (exact) mass is 225 g/mol. The number of ether oxygens (including phenoxy) is 1. The van der Waals surface area contributed by atoms with E-state index in [1.54, 1.807) is 0 Å². The van der Waals surface area contributed by atoms with Gasteiger partial charge in [0.25, 0.3) is 0 Å². The van der Waals surface area contributed by atoms with Crippen LogP contribution in [0.4, 0.5) is 4.79 Å². The van der Waals surface area contributed by atoms with E-state index in [1.165, 1.54) is 0 Å². The average Bonchev–Trinajstić information content (AvgIpc) is 2.48. The van der Waals surface area contributed by atoms with Crippen molar-refractivity contribution in [2.24, 2.45) is 7.05 Å². The van der Waals surface area contributed by atoms with Crippen LogP contribution in [0.2, 0.25) is 0 Å². The number of amides is 1. The van der Waals surface area contributed by atoms with E-state index in [4.69, 9.17) is 4.74 Å². The molecule has 0 aliphatic rings. The van der Waals surface area contributed by atoms with E-state index in [1.807, 2.05) is 50.8 Å². The first kappa shape index (κ1) is 12.6. The zero-order valence-electron chi connectivity index (χ0n) is 10.2. The number of hydrazine groups is 1. The zero-order chi connectivity index (χ0) is 12.2.